The number of carbonyl (C=O) groups is 3. The van der Waals surface area contributed by atoms with Gasteiger partial charge in [0.1, 0.15) is 13.2 Å². The molecule has 1 unspecified atom stereocenters. The van der Waals surface area contributed by atoms with Gasteiger partial charge in [0.15, 0.2) is 6.10 Å². The zero-order valence-electron chi connectivity index (χ0n) is 39.8. The first-order valence-corrected chi connectivity index (χ1v) is 24.9. The number of hydrogen-bond acceptors (Lipinski definition) is 6. The average Bonchev–Trinajstić information content (AvgIpc) is 3.27. The zero-order valence-corrected chi connectivity index (χ0v) is 39.8. The first-order chi connectivity index (χ1) is 30.5. The lowest BCUT2D eigenvalue weighted by molar-refractivity contribution is -0.166. The number of esters is 3. The van der Waals surface area contributed by atoms with Gasteiger partial charge in [-0.3, -0.25) is 14.4 Å². The molecule has 0 amide bonds. The molecule has 0 rings (SSSR count). The zero-order chi connectivity index (χ0) is 45.1. The Kier molecular flexibility index (Phi) is 46.6. The Morgan fingerprint density at radius 1 is 0.339 bits per heavy atom. The molecule has 0 heterocycles. The Morgan fingerprint density at radius 3 is 1.08 bits per heavy atom. The van der Waals surface area contributed by atoms with E-state index < -0.39 is 6.10 Å². The van der Waals surface area contributed by atoms with Crippen LogP contribution >= 0.6 is 0 Å². The smallest absolute Gasteiger partial charge is 0.306 e. The molecule has 62 heavy (non-hydrogen) atoms. The highest BCUT2D eigenvalue weighted by Gasteiger charge is 2.19. The van der Waals surface area contributed by atoms with Crippen LogP contribution in [0.2, 0.25) is 0 Å². The van der Waals surface area contributed by atoms with Gasteiger partial charge >= 0.3 is 17.9 Å². The predicted octanol–water partition coefficient (Wildman–Crippen LogP) is 16.4. The van der Waals surface area contributed by atoms with Crippen LogP contribution in [0.4, 0.5) is 0 Å². The summed E-state index contributed by atoms with van der Waals surface area (Å²) in [4.78, 5) is 37.9. The number of unbranched alkanes of at least 4 members (excludes halogenated alkanes) is 14. The number of carbonyl (C=O) groups excluding carboxylic acids is 3. The molecule has 350 valence electrons. The number of hydrogen-bond donors (Lipinski definition) is 0. The topological polar surface area (TPSA) is 78.9 Å². The highest BCUT2D eigenvalue weighted by molar-refractivity contribution is 5.71. The van der Waals surface area contributed by atoms with Gasteiger partial charge in [-0.1, -0.05) is 207 Å². The molecule has 0 saturated heterocycles. The van der Waals surface area contributed by atoms with Crippen molar-refractivity contribution in [2.24, 2.45) is 0 Å². The minimum absolute atomic E-state index is 0.114. The number of allylic oxidation sites excluding steroid dienone is 18. The summed E-state index contributed by atoms with van der Waals surface area (Å²) in [6.07, 6.45) is 66.5. The Hall–Kier alpha value is -3.93. The van der Waals surface area contributed by atoms with Crippen molar-refractivity contribution in [1.29, 1.82) is 0 Å². The number of ether oxygens (including phenoxy) is 3. The van der Waals surface area contributed by atoms with E-state index in [-0.39, 0.29) is 44.0 Å². The molecule has 0 saturated carbocycles. The largest absolute Gasteiger partial charge is 0.462 e. The van der Waals surface area contributed by atoms with E-state index in [2.05, 4.69) is 118 Å². The van der Waals surface area contributed by atoms with Crippen LogP contribution in [0.25, 0.3) is 0 Å². The predicted molar refractivity (Wildman–Crippen MR) is 265 cm³/mol. The molecule has 0 bridgehead atoms. The summed E-state index contributed by atoms with van der Waals surface area (Å²) in [5.41, 5.74) is 0. The third kappa shape index (κ3) is 47.1. The molecular formula is C56H90O6. The molecule has 0 aromatic rings. The second kappa shape index (κ2) is 49.7. The lowest BCUT2D eigenvalue weighted by Crippen LogP contribution is -2.30. The van der Waals surface area contributed by atoms with E-state index in [4.69, 9.17) is 14.2 Å². The summed E-state index contributed by atoms with van der Waals surface area (Å²) in [5, 5.41) is 0. The van der Waals surface area contributed by atoms with Gasteiger partial charge in [-0.2, -0.15) is 0 Å². The molecule has 0 aromatic carbocycles. The van der Waals surface area contributed by atoms with Gasteiger partial charge in [0.25, 0.3) is 0 Å². The maximum absolute atomic E-state index is 12.8. The quantitative estimate of drug-likeness (QED) is 0.0263. The van der Waals surface area contributed by atoms with Crippen molar-refractivity contribution in [1.82, 2.24) is 0 Å². The number of rotatable bonds is 43. The lowest BCUT2D eigenvalue weighted by Gasteiger charge is -2.18. The first kappa shape index (κ1) is 58.1. The Balaban J connectivity index is 4.57. The highest BCUT2D eigenvalue weighted by Crippen LogP contribution is 2.13. The lowest BCUT2D eigenvalue weighted by atomic mass is 10.0. The van der Waals surface area contributed by atoms with Gasteiger partial charge in [0, 0.05) is 19.3 Å². The van der Waals surface area contributed by atoms with Gasteiger partial charge in [-0.25, -0.2) is 0 Å². The summed E-state index contributed by atoms with van der Waals surface area (Å²) in [5.74, 6) is -1.04. The molecule has 0 N–H and O–H groups in total. The van der Waals surface area contributed by atoms with Crippen LogP contribution < -0.4 is 0 Å². The fraction of sp³-hybridized carbons (Fsp3) is 0.625. The molecule has 0 aliphatic rings. The maximum atomic E-state index is 12.8. The summed E-state index contributed by atoms with van der Waals surface area (Å²) >= 11 is 0. The second-order valence-corrected chi connectivity index (χ2v) is 16.0. The van der Waals surface area contributed by atoms with E-state index in [9.17, 15) is 14.4 Å². The molecule has 0 fully saturated rings. The van der Waals surface area contributed by atoms with E-state index in [1.54, 1.807) is 0 Å². The van der Waals surface area contributed by atoms with E-state index in [0.717, 1.165) is 96.3 Å². The van der Waals surface area contributed by atoms with E-state index in [1.807, 2.05) is 12.2 Å². The van der Waals surface area contributed by atoms with Crippen molar-refractivity contribution < 1.29 is 28.6 Å². The van der Waals surface area contributed by atoms with Crippen molar-refractivity contribution in [2.45, 2.75) is 213 Å². The van der Waals surface area contributed by atoms with Crippen molar-refractivity contribution in [3.05, 3.63) is 109 Å². The van der Waals surface area contributed by atoms with Crippen molar-refractivity contribution in [2.75, 3.05) is 13.2 Å². The fourth-order valence-corrected chi connectivity index (χ4v) is 6.36. The molecule has 0 aromatic heterocycles. The molecule has 0 aliphatic heterocycles. The van der Waals surface area contributed by atoms with E-state index >= 15 is 0 Å². The van der Waals surface area contributed by atoms with E-state index in [0.29, 0.717) is 19.3 Å². The van der Waals surface area contributed by atoms with Crippen molar-refractivity contribution >= 4 is 17.9 Å². The minimum Gasteiger partial charge on any atom is -0.462 e. The molecule has 0 spiro atoms. The molecule has 0 radical (unpaired) electrons. The maximum Gasteiger partial charge on any atom is 0.306 e. The molecule has 6 nitrogen and oxygen atoms in total. The van der Waals surface area contributed by atoms with Crippen molar-refractivity contribution in [3.63, 3.8) is 0 Å². The average molecular weight is 859 g/mol. The van der Waals surface area contributed by atoms with Gasteiger partial charge in [0.2, 0.25) is 0 Å². The first-order valence-electron chi connectivity index (χ1n) is 24.9. The van der Waals surface area contributed by atoms with Crippen LogP contribution in [0.15, 0.2) is 109 Å². The van der Waals surface area contributed by atoms with Crippen molar-refractivity contribution in [3.8, 4) is 0 Å². The van der Waals surface area contributed by atoms with Crippen LogP contribution in [0, 0.1) is 0 Å². The molecular weight excluding hydrogens is 769 g/mol. The summed E-state index contributed by atoms with van der Waals surface area (Å²) < 4.78 is 16.7. The third-order valence-corrected chi connectivity index (χ3v) is 10.0. The fourth-order valence-electron chi connectivity index (χ4n) is 6.36. The van der Waals surface area contributed by atoms with Crippen LogP contribution in [0.1, 0.15) is 207 Å². The van der Waals surface area contributed by atoms with Gasteiger partial charge in [-0.05, 0) is 89.9 Å². The summed E-state index contributed by atoms with van der Waals surface area (Å²) in [7, 11) is 0. The summed E-state index contributed by atoms with van der Waals surface area (Å²) in [6, 6.07) is 0. The van der Waals surface area contributed by atoms with Gasteiger partial charge < -0.3 is 14.2 Å². The Labute approximate surface area is 380 Å². The third-order valence-electron chi connectivity index (χ3n) is 10.0. The van der Waals surface area contributed by atoms with Crippen LogP contribution in [0.5, 0.6) is 0 Å². The highest BCUT2D eigenvalue weighted by atomic mass is 16.6. The Bertz CT molecular complexity index is 1310. The van der Waals surface area contributed by atoms with E-state index in [1.165, 1.54) is 57.8 Å². The van der Waals surface area contributed by atoms with Gasteiger partial charge in [-0.15, -0.1) is 0 Å². The van der Waals surface area contributed by atoms with Gasteiger partial charge in [0.05, 0.1) is 0 Å². The molecule has 1 atom stereocenters. The molecule has 6 heteroatoms. The summed E-state index contributed by atoms with van der Waals surface area (Å²) in [6.45, 7) is 6.30. The van der Waals surface area contributed by atoms with Crippen LogP contribution in [0.3, 0.4) is 0 Å². The monoisotopic (exact) mass is 859 g/mol. The second-order valence-electron chi connectivity index (χ2n) is 16.0. The standard InChI is InChI=1S/C56H90O6/c1-4-7-10-13-16-19-22-25-27-29-31-34-37-40-43-46-49-55(58)61-52-53(51-60-54(57)48-45-42-39-36-33-24-21-18-15-12-9-6-3)62-56(59)50-47-44-41-38-35-32-30-28-26-23-20-17-14-11-8-5-2/h7-8,10-11,16-17,19-20,25-28,31-32,34-35,40,43,53H,4-6,9,12-15,18,21-24,29-30,33,36-39,41-42,44-52H2,1-3H3/b10-7-,11-8-,19-16-,20-17-,27-25-,28-26-,34-31-,35-32-,43-40-. The normalized spacial score (nSPS) is 13.0. The Morgan fingerprint density at radius 2 is 0.661 bits per heavy atom. The van der Waals surface area contributed by atoms with Crippen LogP contribution in [-0.4, -0.2) is 37.2 Å². The SMILES string of the molecule is CC/C=C\C/C=C\C/C=C\C/C=C\C/C=C\CCC(=O)OCC(COC(=O)CCCCCCCCCCCCCC)OC(=O)CCCCC/C=C\C/C=C\C/C=C\C/C=C\CC. The van der Waals surface area contributed by atoms with Crippen LogP contribution in [-0.2, 0) is 28.6 Å². The minimum atomic E-state index is -0.824. The molecule has 0 aliphatic carbocycles.